The van der Waals surface area contributed by atoms with E-state index < -0.39 is 12.0 Å². The second kappa shape index (κ2) is 9.62. The lowest BCUT2D eigenvalue weighted by molar-refractivity contribution is -0.139. The average molecular weight is 502 g/mol. The van der Waals surface area contributed by atoms with Gasteiger partial charge < -0.3 is 14.0 Å². The molecule has 0 radical (unpaired) electrons. The Hall–Kier alpha value is -3.91. The van der Waals surface area contributed by atoms with Crippen molar-refractivity contribution < 1.29 is 14.3 Å². The smallest absolute Gasteiger partial charge is 0.338 e. The van der Waals surface area contributed by atoms with Crippen molar-refractivity contribution in [1.29, 1.82) is 0 Å². The van der Waals surface area contributed by atoms with Gasteiger partial charge in [-0.05, 0) is 50.6 Å². The maximum atomic E-state index is 13.8. The molecule has 1 aliphatic rings. The van der Waals surface area contributed by atoms with E-state index in [1.165, 1.54) is 11.3 Å². The number of aryl methyl sites for hydroxylation is 1. The van der Waals surface area contributed by atoms with Crippen molar-refractivity contribution in [2.45, 2.75) is 26.8 Å². The molecule has 0 amide bonds. The van der Waals surface area contributed by atoms with Crippen molar-refractivity contribution in [3.05, 3.63) is 96.8 Å². The van der Waals surface area contributed by atoms with Gasteiger partial charge in [-0.15, -0.1) is 0 Å². The summed E-state index contributed by atoms with van der Waals surface area (Å²) in [5, 5.41) is 1.07. The van der Waals surface area contributed by atoms with E-state index in [0.29, 0.717) is 27.2 Å². The van der Waals surface area contributed by atoms with Gasteiger partial charge in [-0.1, -0.05) is 41.7 Å². The van der Waals surface area contributed by atoms with Gasteiger partial charge in [0.1, 0.15) is 5.75 Å². The van der Waals surface area contributed by atoms with Crippen molar-refractivity contribution in [3.8, 4) is 5.75 Å². The van der Waals surface area contributed by atoms with Gasteiger partial charge in [0.15, 0.2) is 4.80 Å². The highest BCUT2D eigenvalue weighted by Crippen LogP contribution is 2.31. The molecule has 0 fully saturated rings. The Kier molecular flexibility index (Phi) is 6.36. The number of carbonyl (C=O) groups is 1. The van der Waals surface area contributed by atoms with Gasteiger partial charge in [-0.3, -0.25) is 9.36 Å². The third-order valence-corrected chi connectivity index (χ3v) is 7.22. The standard InChI is InChI=1S/C28H27N3O4S/c1-5-34-20-13-11-18(12-14-20)25-24(27(33)35-6-2)17(3)29-28-31(25)26(32)23(36-28)15-19-16-30(4)22-10-8-7-9-21(19)22/h7-16,25H,5-6H2,1-4H3/b23-15-/t25-/m1/s1. The summed E-state index contributed by atoms with van der Waals surface area (Å²) >= 11 is 1.32. The van der Waals surface area contributed by atoms with Crippen LogP contribution in [0.3, 0.4) is 0 Å². The summed E-state index contributed by atoms with van der Waals surface area (Å²) in [5.74, 6) is 0.254. The Morgan fingerprint density at radius 3 is 2.58 bits per heavy atom. The van der Waals surface area contributed by atoms with Crippen LogP contribution in [0.2, 0.25) is 0 Å². The van der Waals surface area contributed by atoms with Crippen molar-refractivity contribution in [3.63, 3.8) is 0 Å². The van der Waals surface area contributed by atoms with Crippen LogP contribution < -0.4 is 19.6 Å². The zero-order valence-electron chi connectivity index (χ0n) is 20.6. The Morgan fingerprint density at radius 1 is 1.11 bits per heavy atom. The molecule has 184 valence electrons. The van der Waals surface area contributed by atoms with Crippen molar-refractivity contribution >= 4 is 34.3 Å². The number of aromatic nitrogens is 2. The second-order valence-corrected chi connectivity index (χ2v) is 9.53. The molecule has 1 aliphatic heterocycles. The quantitative estimate of drug-likeness (QED) is 0.378. The molecule has 0 saturated heterocycles. The van der Waals surface area contributed by atoms with Gasteiger partial charge in [-0.25, -0.2) is 9.79 Å². The highest BCUT2D eigenvalue weighted by atomic mass is 32.1. The fourth-order valence-corrected chi connectivity index (χ4v) is 5.69. The van der Waals surface area contributed by atoms with Gasteiger partial charge in [0.05, 0.1) is 35.1 Å². The van der Waals surface area contributed by atoms with E-state index in [4.69, 9.17) is 9.47 Å². The number of hydrogen-bond donors (Lipinski definition) is 0. The van der Waals surface area contributed by atoms with Crippen LogP contribution in [-0.4, -0.2) is 28.3 Å². The monoisotopic (exact) mass is 501 g/mol. The summed E-state index contributed by atoms with van der Waals surface area (Å²) in [6, 6.07) is 14.9. The SMILES string of the molecule is CCOC(=O)C1=C(C)N=c2s/c(=C\c3cn(C)c4ccccc34)c(=O)n2[C@@H]1c1ccc(OCC)cc1. The Labute approximate surface area is 212 Å². The number of ether oxygens (including phenoxy) is 2. The molecule has 7 nitrogen and oxygen atoms in total. The van der Waals surface area contributed by atoms with E-state index in [-0.39, 0.29) is 12.2 Å². The van der Waals surface area contributed by atoms with Crippen LogP contribution in [-0.2, 0) is 16.6 Å². The molecule has 2 aromatic carbocycles. The lowest BCUT2D eigenvalue weighted by Gasteiger charge is -2.24. The summed E-state index contributed by atoms with van der Waals surface area (Å²) < 4.78 is 15.2. The number of carbonyl (C=O) groups excluding carboxylic acids is 1. The summed E-state index contributed by atoms with van der Waals surface area (Å²) in [5.41, 5.74) is 3.55. The number of esters is 1. The first kappa shape index (κ1) is 23.8. The van der Waals surface area contributed by atoms with Crippen LogP contribution in [0.25, 0.3) is 17.0 Å². The molecule has 2 aromatic heterocycles. The average Bonchev–Trinajstić information content (AvgIpc) is 3.35. The van der Waals surface area contributed by atoms with Gasteiger partial charge in [-0.2, -0.15) is 0 Å². The minimum absolute atomic E-state index is 0.195. The number of allylic oxidation sites excluding steroid dienone is 1. The van der Waals surface area contributed by atoms with E-state index in [0.717, 1.165) is 27.8 Å². The van der Waals surface area contributed by atoms with E-state index in [1.807, 2.05) is 73.3 Å². The lowest BCUT2D eigenvalue weighted by Crippen LogP contribution is -2.39. The van der Waals surface area contributed by atoms with Gasteiger partial charge in [0.25, 0.3) is 5.56 Å². The summed E-state index contributed by atoms with van der Waals surface area (Å²) in [7, 11) is 1.99. The topological polar surface area (TPSA) is 74.8 Å². The first-order valence-corrected chi connectivity index (χ1v) is 12.7. The zero-order valence-corrected chi connectivity index (χ0v) is 21.5. The molecular weight excluding hydrogens is 474 g/mol. The molecule has 5 rings (SSSR count). The Bertz CT molecular complexity index is 1670. The van der Waals surface area contributed by atoms with Gasteiger partial charge >= 0.3 is 5.97 Å². The molecular formula is C28H27N3O4S. The van der Waals surface area contributed by atoms with E-state index >= 15 is 0 Å². The number of thiazole rings is 1. The predicted octanol–water partition coefficient (Wildman–Crippen LogP) is 3.69. The van der Waals surface area contributed by atoms with Crippen LogP contribution in [0.4, 0.5) is 0 Å². The van der Waals surface area contributed by atoms with Crippen molar-refractivity contribution in [2.75, 3.05) is 13.2 Å². The molecule has 8 heteroatoms. The van der Waals surface area contributed by atoms with E-state index in [1.54, 1.807) is 18.4 Å². The van der Waals surface area contributed by atoms with Crippen molar-refractivity contribution in [2.24, 2.45) is 12.0 Å². The number of para-hydroxylation sites is 1. The molecule has 0 spiro atoms. The summed E-state index contributed by atoms with van der Waals surface area (Å²) in [6.45, 7) is 6.26. The minimum Gasteiger partial charge on any atom is -0.494 e. The number of benzene rings is 2. The molecule has 3 heterocycles. The molecule has 0 aliphatic carbocycles. The molecule has 4 aromatic rings. The van der Waals surface area contributed by atoms with Crippen LogP contribution >= 0.6 is 11.3 Å². The van der Waals surface area contributed by atoms with Crippen LogP contribution in [0.15, 0.2) is 75.8 Å². The number of hydrogen-bond acceptors (Lipinski definition) is 6. The molecule has 0 N–H and O–H groups in total. The van der Waals surface area contributed by atoms with Gasteiger partial charge in [0.2, 0.25) is 0 Å². The number of rotatable bonds is 6. The third-order valence-electron chi connectivity index (χ3n) is 6.24. The fraction of sp³-hybridized carbons (Fsp3) is 0.250. The molecule has 0 saturated carbocycles. The summed E-state index contributed by atoms with van der Waals surface area (Å²) in [6.07, 6.45) is 3.92. The Balaban J connectivity index is 1.71. The first-order chi connectivity index (χ1) is 17.4. The van der Waals surface area contributed by atoms with Crippen LogP contribution in [0.1, 0.15) is 37.9 Å². The maximum Gasteiger partial charge on any atom is 0.338 e. The number of fused-ring (bicyclic) bond motifs is 2. The maximum absolute atomic E-state index is 13.8. The van der Waals surface area contributed by atoms with Crippen LogP contribution in [0, 0.1) is 0 Å². The lowest BCUT2D eigenvalue weighted by atomic mass is 9.96. The van der Waals surface area contributed by atoms with Gasteiger partial charge in [0, 0.05) is 29.7 Å². The molecule has 0 unspecified atom stereocenters. The summed E-state index contributed by atoms with van der Waals surface area (Å²) in [4.78, 5) is 32.1. The Morgan fingerprint density at radius 2 is 1.86 bits per heavy atom. The highest BCUT2D eigenvalue weighted by Gasteiger charge is 2.33. The zero-order chi connectivity index (χ0) is 25.4. The van der Waals surface area contributed by atoms with E-state index in [2.05, 4.69) is 11.1 Å². The molecule has 1 atom stereocenters. The fourth-order valence-electron chi connectivity index (χ4n) is 4.65. The second-order valence-electron chi connectivity index (χ2n) is 8.52. The third kappa shape index (κ3) is 4.07. The predicted molar refractivity (Wildman–Crippen MR) is 141 cm³/mol. The highest BCUT2D eigenvalue weighted by molar-refractivity contribution is 7.07. The van der Waals surface area contributed by atoms with Crippen molar-refractivity contribution in [1.82, 2.24) is 9.13 Å². The molecule has 36 heavy (non-hydrogen) atoms. The molecule has 0 bridgehead atoms. The first-order valence-electron chi connectivity index (χ1n) is 11.9. The largest absolute Gasteiger partial charge is 0.494 e. The van der Waals surface area contributed by atoms with Crippen LogP contribution in [0.5, 0.6) is 5.75 Å². The normalized spacial score (nSPS) is 15.7. The minimum atomic E-state index is -0.648. The van der Waals surface area contributed by atoms with E-state index in [9.17, 15) is 9.59 Å². The number of nitrogens with zero attached hydrogens (tertiary/aromatic N) is 3.